The number of hydrogen-bond acceptors (Lipinski definition) is 5. The summed E-state index contributed by atoms with van der Waals surface area (Å²) in [7, 11) is 0. The lowest BCUT2D eigenvalue weighted by molar-refractivity contribution is -0.136. The average Bonchev–Trinajstić information content (AvgIpc) is 3.36. The molecule has 3 aromatic carbocycles. The summed E-state index contributed by atoms with van der Waals surface area (Å²) < 4.78 is 10.8. The van der Waals surface area contributed by atoms with Crippen molar-refractivity contribution < 1.29 is 24.2 Å². The fraction of sp³-hybridized carbons (Fsp3) is 0.231. The molecule has 0 spiro atoms. The minimum atomic E-state index is -1.91. The van der Waals surface area contributed by atoms with Gasteiger partial charge in [-0.2, -0.15) is 0 Å². The lowest BCUT2D eigenvalue weighted by Gasteiger charge is -2.23. The second-order valence-corrected chi connectivity index (χ2v) is 8.11. The molecule has 2 heterocycles. The Morgan fingerprint density at radius 1 is 1.00 bits per heavy atom. The molecule has 0 fully saturated rings. The van der Waals surface area contributed by atoms with Crippen LogP contribution in [0.4, 0.5) is 5.69 Å². The molecule has 0 bridgehead atoms. The van der Waals surface area contributed by atoms with E-state index in [1.54, 1.807) is 36.4 Å². The Labute approximate surface area is 186 Å². The smallest absolute Gasteiger partial charge is 0.264 e. The third-order valence-corrected chi connectivity index (χ3v) is 6.12. The Kier molecular flexibility index (Phi) is 4.94. The van der Waals surface area contributed by atoms with Crippen molar-refractivity contribution in [2.45, 2.75) is 31.9 Å². The van der Waals surface area contributed by atoms with E-state index >= 15 is 0 Å². The van der Waals surface area contributed by atoms with Crippen molar-refractivity contribution in [1.29, 1.82) is 0 Å². The van der Waals surface area contributed by atoms with E-state index in [1.807, 2.05) is 37.3 Å². The zero-order chi connectivity index (χ0) is 22.3. The number of ketones is 1. The second kappa shape index (κ2) is 7.80. The van der Waals surface area contributed by atoms with Crippen molar-refractivity contribution in [3.05, 3.63) is 89.0 Å². The highest BCUT2D eigenvalue weighted by Gasteiger charge is 2.50. The molecule has 0 aromatic heterocycles. The van der Waals surface area contributed by atoms with Gasteiger partial charge in [-0.25, -0.2) is 0 Å². The van der Waals surface area contributed by atoms with Gasteiger partial charge in [-0.3, -0.25) is 9.59 Å². The molecule has 5 rings (SSSR count). The predicted octanol–water partition coefficient (Wildman–Crippen LogP) is 3.99. The van der Waals surface area contributed by atoms with Crippen molar-refractivity contribution in [2.24, 2.45) is 0 Å². The summed E-state index contributed by atoms with van der Waals surface area (Å²) in [6.07, 6.45) is 0.561. The normalized spacial score (nSPS) is 18.7. The van der Waals surface area contributed by atoms with E-state index in [0.29, 0.717) is 28.3 Å². The molecule has 0 aliphatic carbocycles. The molecule has 1 N–H and O–H groups in total. The third-order valence-electron chi connectivity index (χ3n) is 6.12. The van der Waals surface area contributed by atoms with Gasteiger partial charge in [0.1, 0.15) is 0 Å². The van der Waals surface area contributed by atoms with Crippen LogP contribution in [-0.2, 0) is 23.4 Å². The summed E-state index contributed by atoms with van der Waals surface area (Å²) >= 11 is 0. The molecular formula is C26H23NO5. The zero-order valence-corrected chi connectivity index (χ0v) is 17.7. The van der Waals surface area contributed by atoms with Crippen molar-refractivity contribution in [1.82, 2.24) is 0 Å². The molecule has 0 saturated heterocycles. The molecule has 0 radical (unpaired) electrons. The first-order chi connectivity index (χ1) is 15.5. The van der Waals surface area contributed by atoms with E-state index in [9.17, 15) is 14.7 Å². The number of aliphatic hydroxyl groups is 1. The van der Waals surface area contributed by atoms with Gasteiger partial charge in [0.15, 0.2) is 22.9 Å². The largest absolute Gasteiger partial charge is 0.454 e. The van der Waals surface area contributed by atoms with Crippen molar-refractivity contribution in [3.63, 3.8) is 0 Å². The lowest BCUT2D eigenvalue weighted by Crippen LogP contribution is -2.41. The Morgan fingerprint density at radius 2 is 1.72 bits per heavy atom. The minimum Gasteiger partial charge on any atom is -0.454 e. The quantitative estimate of drug-likeness (QED) is 0.600. The van der Waals surface area contributed by atoms with Gasteiger partial charge in [-0.15, -0.1) is 0 Å². The molecule has 3 aromatic rings. The molecule has 6 nitrogen and oxygen atoms in total. The standard InChI is InChI=1S/C26H23NO5/c1-2-17-7-10-19(11-8-17)22(28)14-26(30)20-5-3-4-6-21(20)27(25(26)29)15-18-9-12-23-24(13-18)32-16-31-23/h3-13,30H,2,14-16H2,1H3/t26-/m0/s1. The highest BCUT2D eigenvalue weighted by atomic mass is 16.7. The first kappa shape index (κ1) is 20.3. The van der Waals surface area contributed by atoms with Crippen LogP contribution in [0, 0.1) is 0 Å². The summed E-state index contributed by atoms with van der Waals surface area (Å²) in [5.41, 5.74) is 1.58. The van der Waals surface area contributed by atoms with Crippen molar-refractivity contribution >= 4 is 17.4 Å². The van der Waals surface area contributed by atoms with Crippen LogP contribution in [0.5, 0.6) is 11.5 Å². The van der Waals surface area contributed by atoms with Crippen LogP contribution < -0.4 is 14.4 Å². The van der Waals surface area contributed by atoms with Crippen LogP contribution in [-0.4, -0.2) is 23.6 Å². The molecule has 2 aliphatic rings. The number of para-hydroxylation sites is 1. The molecule has 0 saturated carbocycles. The van der Waals surface area contributed by atoms with Gasteiger partial charge in [-0.1, -0.05) is 55.5 Å². The molecular weight excluding hydrogens is 406 g/mol. The predicted molar refractivity (Wildman–Crippen MR) is 119 cm³/mol. The van der Waals surface area contributed by atoms with Crippen LogP contribution in [0.25, 0.3) is 0 Å². The molecule has 162 valence electrons. The van der Waals surface area contributed by atoms with Gasteiger partial charge in [0.2, 0.25) is 6.79 Å². The average molecular weight is 429 g/mol. The monoisotopic (exact) mass is 429 g/mol. The van der Waals surface area contributed by atoms with E-state index in [1.165, 1.54) is 4.90 Å². The topological polar surface area (TPSA) is 76.1 Å². The minimum absolute atomic E-state index is 0.172. The zero-order valence-electron chi connectivity index (χ0n) is 17.7. The number of anilines is 1. The fourth-order valence-electron chi connectivity index (χ4n) is 4.32. The molecule has 6 heteroatoms. The second-order valence-electron chi connectivity index (χ2n) is 8.11. The van der Waals surface area contributed by atoms with Crippen LogP contribution in [0.1, 0.15) is 40.4 Å². The molecule has 1 atom stereocenters. The summed E-state index contributed by atoms with van der Waals surface area (Å²) in [6.45, 7) is 2.46. The number of amides is 1. The number of hydrogen-bond donors (Lipinski definition) is 1. The third kappa shape index (κ3) is 3.33. The summed E-state index contributed by atoms with van der Waals surface area (Å²) in [5, 5.41) is 11.5. The van der Waals surface area contributed by atoms with Gasteiger partial charge in [0.25, 0.3) is 5.91 Å². The SMILES string of the molecule is CCc1ccc(C(=O)C[C@@]2(O)C(=O)N(Cc3ccc4c(c3)OCO4)c3ccccc32)cc1. The van der Waals surface area contributed by atoms with E-state index in [2.05, 4.69) is 0 Å². The number of fused-ring (bicyclic) bond motifs is 2. The summed E-state index contributed by atoms with van der Waals surface area (Å²) in [5.74, 6) is 0.514. The van der Waals surface area contributed by atoms with Gasteiger partial charge in [0, 0.05) is 11.1 Å². The maximum absolute atomic E-state index is 13.5. The first-order valence-electron chi connectivity index (χ1n) is 10.6. The van der Waals surface area contributed by atoms with Gasteiger partial charge >= 0.3 is 0 Å². The van der Waals surface area contributed by atoms with Crippen LogP contribution in [0.3, 0.4) is 0 Å². The van der Waals surface area contributed by atoms with Gasteiger partial charge in [-0.05, 0) is 35.7 Å². The molecule has 2 aliphatic heterocycles. The van der Waals surface area contributed by atoms with E-state index < -0.39 is 11.5 Å². The summed E-state index contributed by atoms with van der Waals surface area (Å²) in [6, 6.07) is 19.9. The lowest BCUT2D eigenvalue weighted by atomic mass is 9.88. The number of aryl methyl sites for hydroxylation is 1. The molecule has 0 unspecified atom stereocenters. The Balaban J connectivity index is 1.44. The Hall–Kier alpha value is -3.64. The van der Waals surface area contributed by atoms with E-state index in [-0.39, 0.29) is 25.5 Å². The van der Waals surface area contributed by atoms with Crippen LogP contribution >= 0.6 is 0 Å². The fourth-order valence-corrected chi connectivity index (χ4v) is 4.32. The Morgan fingerprint density at radius 3 is 2.50 bits per heavy atom. The molecule has 1 amide bonds. The highest BCUT2D eigenvalue weighted by molar-refractivity contribution is 6.10. The van der Waals surface area contributed by atoms with Gasteiger partial charge in [0.05, 0.1) is 18.7 Å². The number of Topliss-reactive ketones (excluding diaryl/α,β-unsaturated/α-hetero) is 1. The summed E-state index contributed by atoms with van der Waals surface area (Å²) in [4.78, 5) is 28.0. The maximum Gasteiger partial charge on any atom is 0.264 e. The van der Waals surface area contributed by atoms with Crippen molar-refractivity contribution in [3.8, 4) is 11.5 Å². The number of ether oxygens (including phenoxy) is 2. The Bertz CT molecular complexity index is 1200. The number of carbonyl (C=O) groups is 2. The number of nitrogens with zero attached hydrogens (tertiary/aromatic N) is 1. The van der Waals surface area contributed by atoms with Crippen LogP contribution in [0.15, 0.2) is 66.7 Å². The maximum atomic E-state index is 13.5. The van der Waals surface area contributed by atoms with E-state index in [0.717, 1.165) is 17.5 Å². The number of carbonyl (C=O) groups excluding carboxylic acids is 2. The first-order valence-corrected chi connectivity index (χ1v) is 10.6. The van der Waals surface area contributed by atoms with E-state index in [4.69, 9.17) is 9.47 Å². The molecule has 32 heavy (non-hydrogen) atoms. The van der Waals surface area contributed by atoms with Crippen LogP contribution in [0.2, 0.25) is 0 Å². The number of benzene rings is 3. The highest BCUT2D eigenvalue weighted by Crippen LogP contribution is 2.44. The van der Waals surface area contributed by atoms with Gasteiger partial charge < -0.3 is 19.5 Å². The number of rotatable bonds is 6. The van der Waals surface area contributed by atoms with Crippen molar-refractivity contribution in [2.75, 3.05) is 11.7 Å².